The minimum atomic E-state index is -0.401. The Bertz CT molecular complexity index is 1100. The first-order chi connectivity index (χ1) is 14.2. The number of thiocarbonyl (C=S) groups is 1. The summed E-state index contributed by atoms with van der Waals surface area (Å²) in [5, 5.41) is 6.65. The van der Waals surface area contributed by atoms with Crippen molar-refractivity contribution in [1.82, 2.24) is 5.32 Å². The topological polar surface area (TPSA) is 63.5 Å². The molecule has 6 heteroatoms. The summed E-state index contributed by atoms with van der Waals surface area (Å²) in [6, 6.07) is 26.4. The van der Waals surface area contributed by atoms with E-state index in [9.17, 15) is 4.79 Å². The summed E-state index contributed by atoms with van der Waals surface area (Å²) in [5.74, 6) is 0.554. The molecule has 0 aliphatic rings. The predicted octanol–water partition coefficient (Wildman–Crippen LogP) is 5.14. The zero-order valence-electron chi connectivity index (χ0n) is 15.4. The fourth-order valence-corrected chi connectivity index (χ4v) is 3.01. The van der Waals surface area contributed by atoms with Crippen molar-refractivity contribution >= 4 is 39.9 Å². The molecule has 29 heavy (non-hydrogen) atoms. The molecular formula is C23H18N2O3S. The Balaban J connectivity index is 1.31. The molecule has 144 valence electrons. The summed E-state index contributed by atoms with van der Waals surface area (Å²) >= 11 is 5.23. The van der Waals surface area contributed by atoms with Crippen LogP contribution in [-0.4, -0.2) is 11.0 Å². The van der Waals surface area contributed by atoms with Crippen LogP contribution < -0.4 is 15.4 Å². The van der Waals surface area contributed by atoms with Gasteiger partial charge in [-0.15, -0.1) is 0 Å². The molecule has 0 saturated carbocycles. The lowest BCUT2D eigenvalue weighted by atomic mass is 10.2. The summed E-state index contributed by atoms with van der Waals surface area (Å²) < 4.78 is 11.3. The van der Waals surface area contributed by atoms with E-state index in [1.54, 1.807) is 6.07 Å². The third-order valence-corrected chi connectivity index (χ3v) is 4.44. The van der Waals surface area contributed by atoms with Gasteiger partial charge in [-0.05, 0) is 54.2 Å². The molecule has 2 N–H and O–H groups in total. The average molecular weight is 402 g/mol. The van der Waals surface area contributed by atoms with E-state index in [2.05, 4.69) is 10.6 Å². The van der Waals surface area contributed by atoms with Crippen molar-refractivity contribution in [2.45, 2.75) is 6.61 Å². The molecule has 0 aliphatic heterocycles. The van der Waals surface area contributed by atoms with E-state index >= 15 is 0 Å². The lowest BCUT2D eigenvalue weighted by Gasteiger charge is -2.10. The largest absolute Gasteiger partial charge is 0.489 e. The van der Waals surface area contributed by atoms with Gasteiger partial charge >= 0.3 is 0 Å². The highest BCUT2D eigenvalue weighted by Gasteiger charge is 2.13. The highest BCUT2D eigenvalue weighted by atomic mass is 32.1. The van der Waals surface area contributed by atoms with Gasteiger partial charge in [-0.3, -0.25) is 10.1 Å². The number of para-hydroxylation sites is 1. The Morgan fingerprint density at radius 1 is 0.931 bits per heavy atom. The van der Waals surface area contributed by atoms with E-state index in [1.807, 2.05) is 78.9 Å². The van der Waals surface area contributed by atoms with Crippen molar-refractivity contribution in [2.24, 2.45) is 0 Å². The molecule has 4 rings (SSSR count). The SMILES string of the molecule is O=C(NC(=S)Nc1ccc(OCc2ccccc2)cc1)c1cc2ccccc2o1. The number of fused-ring (bicyclic) bond motifs is 1. The standard InChI is InChI=1S/C23H18N2O3S/c26-22(21-14-17-8-4-5-9-20(17)28-21)25-23(29)24-18-10-12-19(13-11-18)27-15-16-6-2-1-3-7-16/h1-14H,15H2,(H2,24,25,26,29). The molecule has 0 spiro atoms. The second-order valence-electron chi connectivity index (χ2n) is 6.36. The third kappa shape index (κ3) is 4.80. The minimum Gasteiger partial charge on any atom is -0.489 e. The van der Waals surface area contributed by atoms with Crippen molar-refractivity contribution in [3.8, 4) is 5.75 Å². The molecule has 5 nitrogen and oxygen atoms in total. The number of hydrogen-bond acceptors (Lipinski definition) is 4. The first-order valence-corrected chi connectivity index (χ1v) is 9.46. The first-order valence-electron chi connectivity index (χ1n) is 9.05. The highest BCUT2D eigenvalue weighted by Crippen LogP contribution is 2.19. The van der Waals surface area contributed by atoms with Gasteiger partial charge in [0, 0.05) is 11.1 Å². The number of carbonyl (C=O) groups excluding carboxylic acids is 1. The van der Waals surface area contributed by atoms with Gasteiger partial charge in [-0.25, -0.2) is 0 Å². The minimum absolute atomic E-state index is 0.188. The van der Waals surface area contributed by atoms with Gasteiger partial charge in [0.15, 0.2) is 10.9 Å². The van der Waals surface area contributed by atoms with Gasteiger partial charge in [0.2, 0.25) is 0 Å². The molecule has 0 fully saturated rings. The van der Waals surface area contributed by atoms with Crippen LogP contribution in [-0.2, 0) is 6.61 Å². The Labute approximate surface area is 173 Å². The van der Waals surface area contributed by atoms with E-state index in [-0.39, 0.29) is 10.9 Å². The van der Waals surface area contributed by atoms with Crippen LogP contribution in [0.3, 0.4) is 0 Å². The number of anilines is 1. The molecule has 3 aromatic carbocycles. The molecule has 0 atom stereocenters. The molecule has 0 unspecified atom stereocenters. The maximum Gasteiger partial charge on any atom is 0.293 e. The van der Waals surface area contributed by atoms with Crippen molar-refractivity contribution in [3.63, 3.8) is 0 Å². The summed E-state index contributed by atoms with van der Waals surface area (Å²) in [6.07, 6.45) is 0. The van der Waals surface area contributed by atoms with Gasteiger partial charge in [0.25, 0.3) is 5.91 Å². The number of rotatable bonds is 5. The number of carbonyl (C=O) groups is 1. The van der Waals surface area contributed by atoms with Crippen LogP contribution in [0, 0.1) is 0 Å². The van der Waals surface area contributed by atoms with Crippen molar-refractivity contribution < 1.29 is 13.9 Å². The normalized spacial score (nSPS) is 10.5. The molecule has 0 saturated heterocycles. The van der Waals surface area contributed by atoms with Gasteiger partial charge in [0.05, 0.1) is 0 Å². The first kappa shape index (κ1) is 18.7. The smallest absolute Gasteiger partial charge is 0.293 e. The van der Waals surface area contributed by atoms with Crippen LogP contribution in [0.5, 0.6) is 5.75 Å². The van der Waals surface area contributed by atoms with Crippen molar-refractivity contribution in [2.75, 3.05) is 5.32 Å². The number of furan rings is 1. The molecule has 0 bridgehead atoms. The van der Waals surface area contributed by atoms with Crippen molar-refractivity contribution in [3.05, 3.63) is 96.3 Å². The zero-order valence-corrected chi connectivity index (χ0v) is 16.2. The molecule has 1 heterocycles. The van der Waals surface area contributed by atoms with Crippen LogP contribution in [0.2, 0.25) is 0 Å². The van der Waals surface area contributed by atoms with Gasteiger partial charge in [-0.1, -0.05) is 48.5 Å². The summed E-state index contributed by atoms with van der Waals surface area (Å²) in [4.78, 5) is 12.3. The fraction of sp³-hybridized carbons (Fsp3) is 0.0435. The molecule has 0 aliphatic carbocycles. The Morgan fingerprint density at radius 3 is 2.41 bits per heavy atom. The van der Waals surface area contributed by atoms with E-state index in [0.29, 0.717) is 12.2 Å². The Hall–Kier alpha value is -3.64. The van der Waals surface area contributed by atoms with E-state index < -0.39 is 5.91 Å². The second-order valence-corrected chi connectivity index (χ2v) is 6.76. The Kier molecular flexibility index (Phi) is 5.54. The zero-order chi connectivity index (χ0) is 20.1. The van der Waals surface area contributed by atoms with Gasteiger partial charge < -0.3 is 14.5 Å². The van der Waals surface area contributed by atoms with Gasteiger partial charge in [-0.2, -0.15) is 0 Å². The van der Waals surface area contributed by atoms with Crippen LogP contribution in [0.4, 0.5) is 5.69 Å². The molecule has 0 radical (unpaired) electrons. The fourth-order valence-electron chi connectivity index (χ4n) is 2.80. The van der Waals surface area contributed by atoms with E-state index in [0.717, 1.165) is 22.4 Å². The number of amides is 1. The quantitative estimate of drug-likeness (QED) is 0.453. The monoisotopic (exact) mass is 402 g/mol. The lowest BCUT2D eigenvalue weighted by Crippen LogP contribution is -2.33. The van der Waals surface area contributed by atoms with Crippen LogP contribution in [0.25, 0.3) is 11.0 Å². The summed E-state index contributed by atoms with van der Waals surface area (Å²) in [6.45, 7) is 0.500. The lowest BCUT2D eigenvalue weighted by molar-refractivity contribution is 0.0953. The third-order valence-electron chi connectivity index (χ3n) is 4.24. The maximum atomic E-state index is 12.3. The van der Waals surface area contributed by atoms with Crippen LogP contribution in [0.15, 0.2) is 89.3 Å². The number of benzene rings is 3. The number of hydrogen-bond donors (Lipinski definition) is 2. The maximum absolute atomic E-state index is 12.3. The number of ether oxygens (including phenoxy) is 1. The average Bonchev–Trinajstić information content (AvgIpc) is 3.18. The summed E-state index contributed by atoms with van der Waals surface area (Å²) in [5.41, 5.74) is 2.50. The molecule has 1 aromatic heterocycles. The molecule has 1 amide bonds. The second kappa shape index (κ2) is 8.58. The Morgan fingerprint density at radius 2 is 1.66 bits per heavy atom. The van der Waals surface area contributed by atoms with E-state index in [1.165, 1.54) is 0 Å². The predicted molar refractivity (Wildman–Crippen MR) is 117 cm³/mol. The van der Waals surface area contributed by atoms with Crippen LogP contribution in [0.1, 0.15) is 16.1 Å². The highest BCUT2D eigenvalue weighted by molar-refractivity contribution is 7.80. The van der Waals surface area contributed by atoms with Crippen LogP contribution >= 0.6 is 12.2 Å². The van der Waals surface area contributed by atoms with Gasteiger partial charge in [0.1, 0.15) is 17.9 Å². The molecular weight excluding hydrogens is 384 g/mol. The van der Waals surface area contributed by atoms with Crippen molar-refractivity contribution in [1.29, 1.82) is 0 Å². The van der Waals surface area contributed by atoms with E-state index in [4.69, 9.17) is 21.4 Å². The number of nitrogens with one attached hydrogen (secondary N) is 2. The molecule has 4 aromatic rings. The summed E-state index contributed by atoms with van der Waals surface area (Å²) in [7, 11) is 0.